The fraction of sp³-hybridized carbons (Fsp3) is 0.316. The highest BCUT2D eigenvalue weighted by molar-refractivity contribution is 5.95. The summed E-state index contributed by atoms with van der Waals surface area (Å²) in [5.41, 5.74) is 2.64. The summed E-state index contributed by atoms with van der Waals surface area (Å²) in [5.74, 6) is 0.573. The molecule has 0 aromatic carbocycles. The maximum Gasteiger partial charge on any atom is 0.257 e. The topological polar surface area (TPSA) is 96.8 Å². The number of nitrogens with one attached hydrogen (secondary N) is 1. The van der Waals surface area contributed by atoms with Crippen LogP contribution in [0.15, 0.2) is 41.6 Å². The number of nitrogens with zero attached hydrogens (tertiary/aromatic N) is 5. The first-order chi connectivity index (χ1) is 13.0. The van der Waals surface area contributed by atoms with E-state index in [4.69, 9.17) is 0 Å². The normalized spacial score (nSPS) is 16.7. The Bertz CT molecular complexity index is 1040. The summed E-state index contributed by atoms with van der Waals surface area (Å²) in [6.45, 7) is 3.02. The van der Waals surface area contributed by atoms with E-state index in [-0.39, 0.29) is 17.4 Å². The number of carbonyl (C=O) groups is 1. The number of likely N-dealkylation sites (tertiary alicyclic amines) is 1. The first-order valence-electron chi connectivity index (χ1n) is 8.82. The van der Waals surface area contributed by atoms with Crippen LogP contribution >= 0.6 is 0 Å². The third-order valence-corrected chi connectivity index (χ3v) is 5.05. The predicted octanol–water partition coefficient (Wildman–Crippen LogP) is 1.50. The van der Waals surface area contributed by atoms with Gasteiger partial charge in [-0.3, -0.25) is 19.3 Å². The first kappa shape index (κ1) is 17.1. The van der Waals surface area contributed by atoms with Crippen molar-refractivity contribution in [3.05, 3.63) is 64.2 Å². The van der Waals surface area contributed by atoms with Crippen molar-refractivity contribution in [3.8, 4) is 11.3 Å². The zero-order valence-electron chi connectivity index (χ0n) is 15.2. The average Bonchev–Trinajstić information content (AvgIpc) is 3.29. The second kappa shape index (κ2) is 6.79. The van der Waals surface area contributed by atoms with Crippen LogP contribution in [0.3, 0.4) is 0 Å². The predicted molar refractivity (Wildman–Crippen MR) is 99.3 cm³/mol. The molecule has 0 bridgehead atoms. The van der Waals surface area contributed by atoms with E-state index in [1.165, 1.54) is 6.07 Å². The Hall–Kier alpha value is -3.29. The first-order valence-corrected chi connectivity index (χ1v) is 8.82. The van der Waals surface area contributed by atoms with Crippen LogP contribution in [0.5, 0.6) is 0 Å². The minimum absolute atomic E-state index is 0.00440. The van der Waals surface area contributed by atoms with Gasteiger partial charge in [0.05, 0.1) is 17.5 Å². The molecule has 3 aromatic heterocycles. The van der Waals surface area contributed by atoms with Crippen LogP contribution in [0, 0.1) is 6.92 Å². The molecule has 1 aliphatic rings. The van der Waals surface area contributed by atoms with Gasteiger partial charge in [0.2, 0.25) is 0 Å². The molecule has 0 radical (unpaired) electrons. The maximum absolute atomic E-state index is 12.8. The monoisotopic (exact) mass is 364 g/mol. The second-order valence-corrected chi connectivity index (χ2v) is 6.76. The molecule has 0 saturated carbocycles. The van der Waals surface area contributed by atoms with Crippen molar-refractivity contribution in [3.63, 3.8) is 0 Å². The van der Waals surface area contributed by atoms with E-state index in [2.05, 4.69) is 20.1 Å². The lowest BCUT2D eigenvalue weighted by molar-refractivity contribution is 0.0789. The summed E-state index contributed by atoms with van der Waals surface area (Å²) in [6.07, 6.45) is 5.72. The van der Waals surface area contributed by atoms with Gasteiger partial charge in [-0.25, -0.2) is 4.98 Å². The SMILES string of the molecule is Cc1c(C(=O)N2CC[C@H](c3nc(-c4cccnc4)cc(=O)[nH]3)C2)cnn1C. The molecule has 4 heterocycles. The lowest BCUT2D eigenvalue weighted by atomic mass is 10.1. The maximum atomic E-state index is 12.8. The second-order valence-electron chi connectivity index (χ2n) is 6.76. The van der Waals surface area contributed by atoms with Crippen LogP contribution in [-0.2, 0) is 7.05 Å². The minimum Gasteiger partial charge on any atom is -0.338 e. The number of pyridine rings is 1. The van der Waals surface area contributed by atoms with E-state index in [1.807, 2.05) is 26.1 Å². The summed E-state index contributed by atoms with van der Waals surface area (Å²) >= 11 is 0. The van der Waals surface area contributed by atoms with Gasteiger partial charge in [-0.2, -0.15) is 5.10 Å². The van der Waals surface area contributed by atoms with Gasteiger partial charge < -0.3 is 9.88 Å². The standard InChI is InChI=1S/C19H20N6O2/c1-12-15(10-21-24(12)2)19(27)25-7-5-14(11-25)18-22-16(8-17(26)23-18)13-4-3-6-20-9-13/h3-4,6,8-10,14H,5,7,11H2,1-2H3,(H,22,23,26)/t14-/m0/s1. The molecule has 3 aromatic rings. The molecule has 1 N–H and O–H groups in total. The number of aryl methyl sites for hydroxylation is 1. The third kappa shape index (κ3) is 3.25. The van der Waals surface area contributed by atoms with Crippen molar-refractivity contribution in [1.82, 2.24) is 29.6 Å². The van der Waals surface area contributed by atoms with Crippen LogP contribution in [0.2, 0.25) is 0 Å². The number of hydrogen-bond acceptors (Lipinski definition) is 5. The molecule has 138 valence electrons. The van der Waals surface area contributed by atoms with Crippen LogP contribution in [0.4, 0.5) is 0 Å². The van der Waals surface area contributed by atoms with E-state index in [0.717, 1.165) is 17.7 Å². The Morgan fingerprint density at radius 3 is 2.89 bits per heavy atom. The summed E-state index contributed by atoms with van der Waals surface area (Å²) in [5, 5.41) is 4.15. The van der Waals surface area contributed by atoms with Crippen LogP contribution in [0.25, 0.3) is 11.3 Å². The molecule has 1 amide bonds. The third-order valence-electron chi connectivity index (χ3n) is 5.05. The number of amides is 1. The van der Waals surface area contributed by atoms with Gasteiger partial charge in [0.1, 0.15) is 5.82 Å². The van der Waals surface area contributed by atoms with Gasteiger partial charge in [0, 0.05) is 55.8 Å². The molecular formula is C19H20N6O2. The van der Waals surface area contributed by atoms with Crippen molar-refractivity contribution in [2.24, 2.45) is 7.05 Å². The largest absolute Gasteiger partial charge is 0.338 e. The quantitative estimate of drug-likeness (QED) is 0.760. The van der Waals surface area contributed by atoms with Gasteiger partial charge in [-0.1, -0.05) is 0 Å². The molecule has 0 unspecified atom stereocenters. The fourth-order valence-corrected chi connectivity index (χ4v) is 3.38. The highest BCUT2D eigenvalue weighted by Crippen LogP contribution is 2.27. The van der Waals surface area contributed by atoms with E-state index in [1.54, 1.807) is 28.2 Å². The van der Waals surface area contributed by atoms with E-state index in [0.29, 0.717) is 30.2 Å². The summed E-state index contributed by atoms with van der Waals surface area (Å²) in [7, 11) is 1.82. The van der Waals surface area contributed by atoms with Crippen molar-refractivity contribution in [1.29, 1.82) is 0 Å². The van der Waals surface area contributed by atoms with Gasteiger partial charge in [0.25, 0.3) is 11.5 Å². The number of hydrogen-bond donors (Lipinski definition) is 1. The molecule has 4 rings (SSSR count). The van der Waals surface area contributed by atoms with Gasteiger partial charge in [0.15, 0.2) is 0 Å². The van der Waals surface area contributed by atoms with E-state index < -0.39 is 0 Å². The Morgan fingerprint density at radius 2 is 2.19 bits per heavy atom. The number of rotatable bonds is 3. The molecule has 27 heavy (non-hydrogen) atoms. The molecule has 0 aliphatic carbocycles. The Kier molecular flexibility index (Phi) is 4.31. The Balaban J connectivity index is 1.57. The summed E-state index contributed by atoms with van der Waals surface area (Å²) < 4.78 is 1.69. The van der Waals surface area contributed by atoms with Gasteiger partial charge in [-0.15, -0.1) is 0 Å². The fourth-order valence-electron chi connectivity index (χ4n) is 3.38. The summed E-state index contributed by atoms with van der Waals surface area (Å²) in [6, 6.07) is 5.15. The molecule has 8 nitrogen and oxygen atoms in total. The molecule has 1 atom stereocenters. The van der Waals surface area contributed by atoms with Crippen LogP contribution in [0.1, 0.15) is 34.2 Å². The highest BCUT2D eigenvalue weighted by atomic mass is 16.2. The molecule has 1 fully saturated rings. The number of aromatic nitrogens is 5. The minimum atomic E-state index is -0.202. The molecule has 0 spiro atoms. The zero-order valence-corrected chi connectivity index (χ0v) is 15.2. The van der Waals surface area contributed by atoms with Gasteiger partial charge in [-0.05, 0) is 25.5 Å². The van der Waals surface area contributed by atoms with Crippen molar-refractivity contribution in [2.45, 2.75) is 19.3 Å². The molecule has 8 heteroatoms. The van der Waals surface area contributed by atoms with Crippen LogP contribution < -0.4 is 5.56 Å². The molecule has 1 saturated heterocycles. The van der Waals surface area contributed by atoms with Crippen molar-refractivity contribution >= 4 is 5.91 Å². The molecule has 1 aliphatic heterocycles. The summed E-state index contributed by atoms with van der Waals surface area (Å²) in [4.78, 5) is 38.2. The average molecular weight is 364 g/mol. The van der Waals surface area contributed by atoms with Crippen molar-refractivity contribution in [2.75, 3.05) is 13.1 Å². The van der Waals surface area contributed by atoms with E-state index in [9.17, 15) is 9.59 Å². The Morgan fingerprint density at radius 1 is 1.33 bits per heavy atom. The Labute approximate surface area is 155 Å². The number of aromatic amines is 1. The van der Waals surface area contributed by atoms with Gasteiger partial charge >= 0.3 is 0 Å². The zero-order chi connectivity index (χ0) is 19.0. The smallest absolute Gasteiger partial charge is 0.257 e. The number of carbonyl (C=O) groups excluding carboxylic acids is 1. The molecular weight excluding hydrogens is 344 g/mol. The number of H-pyrrole nitrogens is 1. The van der Waals surface area contributed by atoms with E-state index >= 15 is 0 Å². The lowest BCUT2D eigenvalue weighted by Gasteiger charge is -2.16. The van der Waals surface area contributed by atoms with Crippen molar-refractivity contribution < 1.29 is 4.79 Å². The highest BCUT2D eigenvalue weighted by Gasteiger charge is 2.31. The van der Waals surface area contributed by atoms with Crippen LogP contribution in [-0.4, -0.2) is 48.6 Å². The lowest BCUT2D eigenvalue weighted by Crippen LogP contribution is -2.29.